The van der Waals surface area contributed by atoms with E-state index in [0.717, 1.165) is 42.3 Å². The Hall–Kier alpha value is -1.75. The molecular weight excluding hydrogens is 290 g/mol. The lowest BCUT2D eigenvalue weighted by molar-refractivity contribution is 0.209. The van der Waals surface area contributed by atoms with Crippen LogP contribution in [-0.2, 0) is 5.54 Å². The van der Waals surface area contributed by atoms with Gasteiger partial charge in [0, 0.05) is 12.5 Å². The second-order valence-corrected chi connectivity index (χ2v) is 6.32. The van der Waals surface area contributed by atoms with Crippen LogP contribution in [0, 0.1) is 6.92 Å². The van der Waals surface area contributed by atoms with E-state index in [1.54, 1.807) is 6.07 Å². The van der Waals surface area contributed by atoms with Gasteiger partial charge in [-0.05, 0) is 18.9 Å². The summed E-state index contributed by atoms with van der Waals surface area (Å²) >= 11 is 6.37. The lowest BCUT2D eigenvalue weighted by atomic mass is 9.74. The van der Waals surface area contributed by atoms with E-state index in [-0.39, 0.29) is 11.6 Å². The van der Waals surface area contributed by atoms with Gasteiger partial charge in [0.1, 0.15) is 5.52 Å². The first kappa shape index (κ1) is 13.0. The van der Waals surface area contributed by atoms with Crippen molar-refractivity contribution in [3.8, 4) is 0 Å². The van der Waals surface area contributed by atoms with E-state index in [9.17, 15) is 4.79 Å². The van der Waals surface area contributed by atoms with Gasteiger partial charge in [-0.25, -0.2) is 9.78 Å². The number of nitrogens with one attached hydrogen (secondary N) is 2. The predicted octanol–water partition coefficient (Wildman–Crippen LogP) is 4.08. The second-order valence-electron chi connectivity index (χ2n) is 5.91. The van der Waals surface area contributed by atoms with Gasteiger partial charge in [-0.15, -0.1) is 0 Å². The molecule has 1 aromatic heterocycles. The lowest BCUT2D eigenvalue weighted by Gasteiger charge is -2.42. The molecule has 0 saturated heterocycles. The van der Waals surface area contributed by atoms with Crippen LogP contribution in [-0.4, -0.2) is 11.0 Å². The topological polar surface area (TPSA) is 67.2 Å². The summed E-state index contributed by atoms with van der Waals surface area (Å²) in [5, 5.41) is 6.47. The van der Waals surface area contributed by atoms with Crippen molar-refractivity contribution < 1.29 is 9.21 Å². The Morgan fingerprint density at radius 3 is 2.86 bits per heavy atom. The number of rotatable bonds is 0. The fourth-order valence-corrected chi connectivity index (χ4v) is 3.92. The maximum atomic E-state index is 12.1. The number of fused-ring (bicyclic) bond motifs is 4. The highest BCUT2D eigenvalue weighted by Crippen LogP contribution is 2.48. The number of nitrogens with zero attached hydrogens (tertiary/aromatic N) is 1. The van der Waals surface area contributed by atoms with Gasteiger partial charge in [0.05, 0.1) is 16.2 Å². The SMILES string of the molecule is Cc1nc2cc(Cl)c3c(c2o1)C1(CCCCC1)NC(=O)N3. The van der Waals surface area contributed by atoms with Gasteiger partial charge < -0.3 is 15.1 Å². The monoisotopic (exact) mass is 305 g/mol. The summed E-state index contributed by atoms with van der Waals surface area (Å²) in [4.78, 5) is 16.5. The van der Waals surface area contributed by atoms with Crippen molar-refractivity contribution >= 4 is 34.4 Å². The minimum Gasteiger partial charge on any atom is -0.441 e. The summed E-state index contributed by atoms with van der Waals surface area (Å²) in [5.74, 6) is 0.609. The molecule has 0 radical (unpaired) electrons. The normalized spacial score (nSPS) is 20.2. The number of amides is 2. The number of oxazole rings is 1. The Morgan fingerprint density at radius 2 is 2.10 bits per heavy atom. The molecule has 110 valence electrons. The highest BCUT2D eigenvalue weighted by Gasteiger charge is 2.43. The molecule has 2 aliphatic rings. The summed E-state index contributed by atoms with van der Waals surface area (Å²) in [7, 11) is 0. The maximum absolute atomic E-state index is 12.1. The predicted molar refractivity (Wildman–Crippen MR) is 80.7 cm³/mol. The van der Waals surface area contributed by atoms with E-state index in [1.807, 2.05) is 6.92 Å². The highest BCUT2D eigenvalue weighted by atomic mass is 35.5. The first-order valence-corrected chi connectivity index (χ1v) is 7.66. The zero-order valence-corrected chi connectivity index (χ0v) is 12.5. The van der Waals surface area contributed by atoms with Crippen molar-refractivity contribution in [3.63, 3.8) is 0 Å². The number of aromatic nitrogens is 1. The van der Waals surface area contributed by atoms with Crippen molar-refractivity contribution in [2.24, 2.45) is 0 Å². The number of hydrogen-bond acceptors (Lipinski definition) is 3. The van der Waals surface area contributed by atoms with Gasteiger partial charge in [0.25, 0.3) is 0 Å². The van der Waals surface area contributed by atoms with Crippen molar-refractivity contribution in [1.82, 2.24) is 10.3 Å². The molecular formula is C15H16ClN3O2. The molecule has 6 heteroatoms. The molecule has 2 heterocycles. The second kappa shape index (κ2) is 4.37. The Kier molecular flexibility index (Phi) is 2.70. The van der Waals surface area contributed by atoms with Crippen LogP contribution in [0.1, 0.15) is 43.6 Å². The molecule has 1 saturated carbocycles. The quantitative estimate of drug-likeness (QED) is 0.770. The smallest absolute Gasteiger partial charge is 0.319 e. The summed E-state index contributed by atoms with van der Waals surface area (Å²) in [6.45, 7) is 1.82. The largest absolute Gasteiger partial charge is 0.441 e. The van der Waals surface area contributed by atoms with Crippen molar-refractivity contribution in [2.75, 3.05) is 5.32 Å². The fraction of sp³-hybridized carbons (Fsp3) is 0.467. The van der Waals surface area contributed by atoms with Crippen molar-refractivity contribution in [1.29, 1.82) is 0 Å². The molecule has 0 bridgehead atoms. The van der Waals surface area contributed by atoms with Crippen LogP contribution in [0.15, 0.2) is 10.5 Å². The van der Waals surface area contributed by atoms with E-state index in [1.165, 1.54) is 6.42 Å². The van der Waals surface area contributed by atoms with E-state index in [4.69, 9.17) is 16.0 Å². The molecule has 1 aromatic carbocycles. The standard InChI is InChI=1S/C15H16ClN3O2/c1-8-17-10-7-9(16)12-11(13(10)21-8)15(19-14(20)18-12)5-3-2-4-6-15/h7H,2-6H2,1H3,(H2,18,19,20). The number of hydrogen-bond donors (Lipinski definition) is 2. The van der Waals surface area contributed by atoms with Crippen molar-refractivity contribution in [3.05, 3.63) is 22.5 Å². The molecule has 2 N–H and O–H groups in total. The molecule has 5 nitrogen and oxygen atoms in total. The van der Waals surface area contributed by atoms with Crippen molar-refractivity contribution in [2.45, 2.75) is 44.6 Å². The van der Waals surface area contributed by atoms with Crippen LogP contribution < -0.4 is 10.6 Å². The van der Waals surface area contributed by atoms with Crippen LogP contribution >= 0.6 is 11.6 Å². The Labute approximate surface area is 127 Å². The number of carbonyl (C=O) groups excluding carboxylic acids is 1. The molecule has 1 fully saturated rings. The first-order valence-electron chi connectivity index (χ1n) is 7.28. The molecule has 1 aliphatic heterocycles. The van der Waals surface area contributed by atoms with Gasteiger partial charge in [-0.3, -0.25) is 0 Å². The molecule has 21 heavy (non-hydrogen) atoms. The lowest BCUT2D eigenvalue weighted by Crippen LogP contribution is -2.52. The van der Waals surface area contributed by atoms with Crippen LogP contribution in [0.2, 0.25) is 5.02 Å². The van der Waals surface area contributed by atoms with E-state index < -0.39 is 0 Å². The summed E-state index contributed by atoms with van der Waals surface area (Å²) in [6.07, 6.45) is 5.17. The summed E-state index contributed by atoms with van der Waals surface area (Å²) in [6, 6.07) is 1.57. The minimum absolute atomic E-state index is 0.193. The summed E-state index contributed by atoms with van der Waals surface area (Å²) in [5.41, 5.74) is 2.74. The molecule has 2 amide bonds. The highest BCUT2D eigenvalue weighted by molar-refractivity contribution is 6.35. The summed E-state index contributed by atoms with van der Waals surface area (Å²) < 4.78 is 5.82. The average molecular weight is 306 g/mol. The van der Waals surface area contributed by atoms with Gasteiger partial charge in [0.15, 0.2) is 11.5 Å². The number of carbonyl (C=O) groups is 1. The number of urea groups is 1. The molecule has 4 rings (SSSR count). The van der Waals surface area contributed by atoms with E-state index >= 15 is 0 Å². The van der Waals surface area contributed by atoms with Gasteiger partial charge in [0.2, 0.25) is 0 Å². The Bertz CT molecular complexity index is 747. The van der Waals surface area contributed by atoms with E-state index in [2.05, 4.69) is 15.6 Å². The van der Waals surface area contributed by atoms with Gasteiger partial charge in [-0.1, -0.05) is 30.9 Å². The maximum Gasteiger partial charge on any atom is 0.319 e. The van der Waals surface area contributed by atoms with E-state index in [0.29, 0.717) is 16.6 Å². The average Bonchev–Trinajstić information content (AvgIpc) is 2.79. The third kappa shape index (κ3) is 1.83. The van der Waals surface area contributed by atoms with Crippen LogP contribution in [0.3, 0.4) is 0 Å². The number of halogens is 1. The van der Waals surface area contributed by atoms with Crippen LogP contribution in [0.5, 0.6) is 0 Å². The number of aryl methyl sites for hydroxylation is 1. The zero-order valence-electron chi connectivity index (χ0n) is 11.8. The third-order valence-corrected chi connectivity index (χ3v) is 4.81. The zero-order chi connectivity index (χ0) is 14.6. The fourth-order valence-electron chi connectivity index (χ4n) is 3.68. The molecule has 1 aliphatic carbocycles. The first-order chi connectivity index (χ1) is 10.1. The minimum atomic E-state index is -0.384. The van der Waals surface area contributed by atoms with Crippen LogP contribution in [0.25, 0.3) is 11.1 Å². The Morgan fingerprint density at radius 1 is 1.33 bits per heavy atom. The molecule has 0 unspecified atom stereocenters. The number of anilines is 1. The van der Waals surface area contributed by atoms with Crippen LogP contribution in [0.4, 0.5) is 10.5 Å². The molecule has 2 aromatic rings. The number of benzene rings is 1. The molecule has 1 spiro atoms. The third-order valence-electron chi connectivity index (χ3n) is 4.52. The Balaban J connectivity index is 2.05. The van der Waals surface area contributed by atoms with Gasteiger partial charge in [-0.2, -0.15) is 0 Å². The van der Waals surface area contributed by atoms with Gasteiger partial charge >= 0.3 is 6.03 Å². The molecule has 0 atom stereocenters.